The summed E-state index contributed by atoms with van der Waals surface area (Å²) < 4.78 is 37.2. The van der Waals surface area contributed by atoms with Gasteiger partial charge in [-0.25, -0.2) is 0 Å². The number of hydrogen-bond acceptors (Lipinski definition) is 8. The van der Waals surface area contributed by atoms with Gasteiger partial charge in [-0.15, -0.1) is 0 Å². The van der Waals surface area contributed by atoms with E-state index in [2.05, 4.69) is 176 Å². The van der Waals surface area contributed by atoms with E-state index in [0.29, 0.717) is 26.4 Å². The van der Waals surface area contributed by atoms with Crippen LogP contribution in [0.5, 0.6) is 23.0 Å². The van der Waals surface area contributed by atoms with E-state index in [4.69, 9.17) is 27.7 Å². The molecule has 0 aliphatic heterocycles. The number of aryl methyl sites for hydroxylation is 2. The summed E-state index contributed by atoms with van der Waals surface area (Å²) in [5.41, 5.74) is 13.0. The van der Waals surface area contributed by atoms with Crippen molar-refractivity contribution in [2.75, 3.05) is 31.3 Å². The fourth-order valence-corrected chi connectivity index (χ4v) is 10.3. The molecule has 0 spiro atoms. The molecule has 1 heterocycles. The Balaban J connectivity index is 1.31. The van der Waals surface area contributed by atoms with Crippen molar-refractivity contribution in [1.29, 1.82) is 0 Å². The highest BCUT2D eigenvalue weighted by Gasteiger charge is 2.33. The molecule has 73 heavy (non-hydrogen) atoms. The molecular formula is C65H83N3O4S. The largest absolute Gasteiger partial charge is 0.493 e. The van der Waals surface area contributed by atoms with Crippen LogP contribution in [0, 0.1) is 13.8 Å². The number of ether oxygens (including phenoxy) is 4. The van der Waals surface area contributed by atoms with Crippen molar-refractivity contribution in [1.82, 2.24) is 8.75 Å². The number of rotatable bonds is 31. The van der Waals surface area contributed by atoms with E-state index >= 15 is 0 Å². The lowest BCUT2D eigenvalue weighted by molar-refractivity contribution is 0.292. The fourth-order valence-electron chi connectivity index (χ4n) is 9.75. The third-order valence-electron chi connectivity index (χ3n) is 14.2. The van der Waals surface area contributed by atoms with Crippen LogP contribution in [-0.4, -0.2) is 35.2 Å². The molecule has 388 valence electrons. The van der Waals surface area contributed by atoms with Gasteiger partial charge in [-0.05, 0) is 117 Å². The van der Waals surface area contributed by atoms with Crippen LogP contribution >= 0.6 is 11.7 Å². The third-order valence-corrected chi connectivity index (χ3v) is 14.7. The Bertz CT molecular complexity index is 2750. The highest BCUT2D eigenvalue weighted by atomic mass is 32.1. The summed E-state index contributed by atoms with van der Waals surface area (Å²) >= 11 is 1.26. The maximum atomic E-state index is 6.97. The maximum Gasteiger partial charge on any atom is 0.127 e. The summed E-state index contributed by atoms with van der Waals surface area (Å²) in [4.78, 5) is 2.31. The van der Waals surface area contributed by atoms with Crippen molar-refractivity contribution >= 4 is 39.8 Å². The number of benzene rings is 6. The summed E-state index contributed by atoms with van der Waals surface area (Å²) in [6, 6.07) is 41.6. The first-order valence-electron chi connectivity index (χ1n) is 27.8. The van der Waals surface area contributed by atoms with E-state index < -0.39 is 5.41 Å². The van der Waals surface area contributed by atoms with Gasteiger partial charge in [0.25, 0.3) is 0 Å². The van der Waals surface area contributed by atoms with E-state index in [-0.39, 0.29) is 0 Å². The zero-order valence-electron chi connectivity index (χ0n) is 45.5. The molecule has 0 saturated carbocycles. The molecule has 7 aromatic rings. The molecule has 8 heteroatoms. The summed E-state index contributed by atoms with van der Waals surface area (Å²) in [5.74, 6) is 3.47. The Morgan fingerprint density at radius 1 is 0.425 bits per heavy atom. The Hall–Kier alpha value is -5.86. The van der Waals surface area contributed by atoms with Crippen molar-refractivity contribution in [3.8, 4) is 45.3 Å². The van der Waals surface area contributed by atoms with Gasteiger partial charge >= 0.3 is 0 Å². The lowest BCUT2D eigenvalue weighted by Gasteiger charge is -2.30. The van der Waals surface area contributed by atoms with Crippen LogP contribution in [0.4, 0.5) is 17.1 Å². The molecule has 0 aliphatic rings. The second-order valence-electron chi connectivity index (χ2n) is 20.4. The molecular weight excluding hydrogens is 919 g/mol. The predicted molar refractivity (Wildman–Crippen MR) is 310 cm³/mol. The van der Waals surface area contributed by atoms with Crippen molar-refractivity contribution in [3.05, 3.63) is 138 Å². The van der Waals surface area contributed by atoms with Gasteiger partial charge in [-0.2, -0.15) is 8.75 Å². The molecule has 0 N–H and O–H groups in total. The van der Waals surface area contributed by atoms with Gasteiger partial charge < -0.3 is 23.8 Å². The van der Waals surface area contributed by atoms with Crippen LogP contribution in [0.3, 0.4) is 0 Å². The molecule has 0 fully saturated rings. The minimum Gasteiger partial charge on any atom is -0.493 e. The SMILES string of the molecule is CCCCCCOc1cc(-c2ccc(C(C)(C)c3cc(OCCCCCC)c(-c4ccc(N(c5ccccc5)c5ccc(C)cc5)cc4)cc3OCCCCCC)c3nsnc23)c(OCCCCCC)cc1C. The average Bonchev–Trinajstić information content (AvgIpc) is 3.90. The first kappa shape index (κ1) is 54.9. The van der Waals surface area contributed by atoms with Crippen molar-refractivity contribution in [3.63, 3.8) is 0 Å². The van der Waals surface area contributed by atoms with Gasteiger partial charge in [-0.1, -0.05) is 179 Å². The molecule has 6 aromatic carbocycles. The molecule has 7 rings (SSSR count). The number of hydrogen-bond donors (Lipinski definition) is 0. The number of anilines is 3. The molecule has 1 aromatic heterocycles. The van der Waals surface area contributed by atoms with E-state index in [1.165, 1.54) is 75.1 Å². The normalized spacial score (nSPS) is 11.6. The van der Waals surface area contributed by atoms with Crippen LogP contribution in [0.1, 0.15) is 167 Å². The van der Waals surface area contributed by atoms with E-state index in [0.717, 1.165) is 135 Å². The van der Waals surface area contributed by atoms with Crippen molar-refractivity contribution < 1.29 is 18.9 Å². The molecule has 0 unspecified atom stereocenters. The number of unbranched alkanes of at least 4 members (excludes halogenated alkanes) is 12. The highest BCUT2D eigenvalue weighted by Crippen LogP contribution is 2.48. The Labute approximate surface area is 443 Å². The standard InChI is InChI=1S/C65H83N3O4S/c1-9-13-17-24-40-69-59-46-56(60(44-49(59)6)70-41-25-18-14-10-2)54-38-39-57(64-63(54)66-73-67-64)65(7,8)58-47-61(71-42-26-19-15-11-3)55(45-62(58)72-43-27-20-16-12-4)50-32-36-53(37-33-50)68(51-28-22-21-23-29-51)52-34-30-48(5)31-35-52/h21-23,28-39,44-47H,9-20,24-27,40-43H2,1-8H3. The molecule has 0 atom stereocenters. The Morgan fingerprint density at radius 3 is 1.47 bits per heavy atom. The van der Waals surface area contributed by atoms with Crippen molar-refractivity contribution in [2.24, 2.45) is 0 Å². The van der Waals surface area contributed by atoms with E-state index in [9.17, 15) is 0 Å². The first-order chi connectivity index (χ1) is 35.7. The Kier molecular flexibility index (Phi) is 21.0. The molecule has 0 amide bonds. The summed E-state index contributed by atoms with van der Waals surface area (Å²) in [6.45, 7) is 20.5. The molecule has 0 saturated heterocycles. The van der Waals surface area contributed by atoms with Gasteiger partial charge in [0.15, 0.2) is 0 Å². The van der Waals surface area contributed by atoms with E-state index in [1.807, 2.05) is 0 Å². The number of nitrogens with zero attached hydrogens (tertiary/aromatic N) is 3. The molecule has 0 radical (unpaired) electrons. The number of fused-ring (bicyclic) bond motifs is 1. The van der Waals surface area contributed by atoms with Crippen LogP contribution < -0.4 is 23.8 Å². The summed E-state index contributed by atoms with van der Waals surface area (Å²) in [6.07, 6.45) is 18.1. The number of para-hydroxylation sites is 1. The van der Waals surface area contributed by atoms with Crippen LogP contribution in [0.25, 0.3) is 33.3 Å². The van der Waals surface area contributed by atoms with Gasteiger partial charge in [0, 0.05) is 44.7 Å². The Morgan fingerprint density at radius 2 is 0.904 bits per heavy atom. The highest BCUT2D eigenvalue weighted by molar-refractivity contribution is 7.00. The second kappa shape index (κ2) is 28.0. The van der Waals surface area contributed by atoms with E-state index in [1.54, 1.807) is 0 Å². The zero-order chi connectivity index (χ0) is 51.4. The molecule has 0 bridgehead atoms. The number of aromatic nitrogens is 2. The smallest absolute Gasteiger partial charge is 0.127 e. The lowest BCUT2D eigenvalue weighted by atomic mass is 9.76. The topological polar surface area (TPSA) is 65.9 Å². The van der Waals surface area contributed by atoms with Crippen LogP contribution in [0.2, 0.25) is 0 Å². The summed E-state index contributed by atoms with van der Waals surface area (Å²) in [7, 11) is 0. The average molecular weight is 1000 g/mol. The van der Waals surface area contributed by atoms with Gasteiger partial charge in [-0.3, -0.25) is 0 Å². The van der Waals surface area contributed by atoms with Gasteiger partial charge in [0.2, 0.25) is 0 Å². The minimum absolute atomic E-state index is 0.559. The minimum atomic E-state index is -0.559. The summed E-state index contributed by atoms with van der Waals surface area (Å²) in [5, 5.41) is 0. The van der Waals surface area contributed by atoms with Gasteiger partial charge in [0.1, 0.15) is 34.0 Å². The molecule has 0 aliphatic carbocycles. The first-order valence-corrected chi connectivity index (χ1v) is 28.5. The zero-order valence-corrected chi connectivity index (χ0v) is 46.3. The second-order valence-corrected chi connectivity index (χ2v) is 20.9. The van der Waals surface area contributed by atoms with Crippen LogP contribution in [0.15, 0.2) is 115 Å². The van der Waals surface area contributed by atoms with Gasteiger partial charge in [0.05, 0.1) is 38.2 Å². The fraction of sp³-hybridized carbons (Fsp3) is 0.446. The third kappa shape index (κ3) is 14.5. The lowest BCUT2D eigenvalue weighted by Crippen LogP contribution is -2.21. The predicted octanol–water partition coefficient (Wildman–Crippen LogP) is 19.3. The van der Waals surface area contributed by atoms with Crippen LogP contribution in [-0.2, 0) is 5.41 Å². The maximum absolute atomic E-state index is 6.97. The monoisotopic (exact) mass is 1000 g/mol. The molecule has 7 nitrogen and oxygen atoms in total. The van der Waals surface area contributed by atoms with Crippen molar-refractivity contribution in [2.45, 2.75) is 164 Å². The quantitative estimate of drug-likeness (QED) is 0.0401.